The second kappa shape index (κ2) is 5.23. The van der Waals surface area contributed by atoms with Crippen LogP contribution in [0.25, 0.3) is 0 Å². The molecule has 0 bridgehead atoms. The maximum Gasteiger partial charge on any atom is 0.227 e. The Morgan fingerprint density at radius 2 is 2.47 bits per heavy atom. The number of hydrogen-bond donors (Lipinski definition) is 1. The molecule has 5 heteroatoms. The summed E-state index contributed by atoms with van der Waals surface area (Å²) in [5.74, 6) is 0.684. The van der Waals surface area contributed by atoms with Crippen molar-refractivity contribution in [2.45, 2.75) is 38.4 Å². The van der Waals surface area contributed by atoms with Crippen molar-refractivity contribution in [2.24, 2.45) is 0 Å². The van der Waals surface area contributed by atoms with Gasteiger partial charge < -0.3 is 14.6 Å². The third-order valence-electron chi connectivity index (χ3n) is 2.61. The van der Waals surface area contributed by atoms with Crippen LogP contribution in [-0.2, 0) is 11.2 Å². The van der Waals surface area contributed by atoms with Gasteiger partial charge in [-0.1, -0.05) is 5.16 Å². The molecule has 2 unspecified atom stereocenters. The molecule has 2 heterocycles. The fraction of sp³-hybridized carbons (Fsp3) is 0.800. The zero-order valence-corrected chi connectivity index (χ0v) is 8.98. The summed E-state index contributed by atoms with van der Waals surface area (Å²) in [5, 5.41) is 6.88. The van der Waals surface area contributed by atoms with E-state index in [1.54, 1.807) is 0 Å². The largest absolute Gasteiger partial charge is 0.374 e. The van der Waals surface area contributed by atoms with Gasteiger partial charge in [-0.15, -0.1) is 0 Å². The number of nitrogens with zero attached hydrogens (tertiary/aromatic N) is 2. The molecule has 15 heavy (non-hydrogen) atoms. The van der Waals surface area contributed by atoms with E-state index in [-0.39, 0.29) is 0 Å². The van der Waals surface area contributed by atoms with E-state index in [1.807, 2.05) is 0 Å². The molecule has 1 aliphatic rings. The predicted molar refractivity (Wildman–Crippen MR) is 54.4 cm³/mol. The smallest absolute Gasteiger partial charge is 0.227 e. The van der Waals surface area contributed by atoms with Crippen LogP contribution in [0.15, 0.2) is 10.9 Å². The van der Waals surface area contributed by atoms with Gasteiger partial charge >= 0.3 is 0 Å². The van der Waals surface area contributed by atoms with Gasteiger partial charge in [0.2, 0.25) is 5.89 Å². The molecule has 0 saturated carbocycles. The van der Waals surface area contributed by atoms with Gasteiger partial charge in [-0.05, 0) is 19.8 Å². The van der Waals surface area contributed by atoms with E-state index >= 15 is 0 Å². The molecule has 0 spiro atoms. The van der Waals surface area contributed by atoms with Crippen molar-refractivity contribution >= 4 is 0 Å². The highest BCUT2D eigenvalue weighted by Crippen LogP contribution is 2.17. The third kappa shape index (κ3) is 3.28. The Morgan fingerprint density at radius 1 is 1.53 bits per heavy atom. The van der Waals surface area contributed by atoms with Gasteiger partial charge in [-0.25, -0.2) is 0 Å². The van der Waals surface area contributed by atoms with E-state index in [2.05, 4.69) is 22.4 Å². The highest BCUT2D eigenvalue weighted by Gasteiger charge is 2.20. The molecule has 1 N–H and O–H groups in total. The minimum atomic E-state index is 0.377. The Hall–Kier alpha value is -0.940. The van der Waals surface area contributed by atoms with Gasteiger partial charge in [0.25, 0.3) is 0 Å². The first-order valence-corrected chi connectivity index (χ1v) is 5.46. The maximum atomic E-state index is 5.68. The topological polar surface area (TPSA) is 60.2 Å². The van der Waals surface area contributed by atoms with Crippen LogP contribution in [0.5, 0.6) is 0 Å². The van der Waals surface area contributed by atoms with Crippen LogP contribution in [0.2, 0.25) is 0 Å². The van der Waals surface area contributed by atoms with Crippen LogP contribution in [0.1, 0.15) is 25.7 Å². The van der Waals surface area contributed by atoms with Crippen molar-refractivity contribution < 1.29 is 9.26 Å². The highest BCUT2D eigenvalue weighted by molar-refractivity contribution is 4.77. The molecule has 2 rings (SSSR count). The van der Waals surface area contributed by atoms with E-state index in [9.17, 15) is 0 Å². The summed E-state index contributed by atoms with van der Waals surface area (Å²) < 4.78 is 10.6. The van der Waals surface area contributed by atoms with Crippen LogP contribution in [0.4, 0.5) is 0 Å². The zero-order valence-electron chi connectivity index (χ0n) is 8.98. The number of aromatic nitrogens is 2. The van der Waals surface area contributed by atoms with Gasteiger partial charge in [0, 0.05) is 19.5 Å². The summed E-state index contributed by atoms with van der Waals surface area (Å²) in [5.41, 5.74) is 0. The van der Waals surface area contributed by atoms with Crippen molar-refractivity contribution in [2.75, 3.05) is 13.1 Å². The molecule has 1 saturated heterocycles. The van der Waals surface area contributed by atoms with Crippen molar-refractivity contribution in [3.05, 3.63) is 12.2 Å². The number of hydrogen-bond acceptors (Lipinski definition) is 5. The fourth-order valence-electron chi connectivity index (χ4n) is 1.80. The first-order chi connectivity index (χ1) is 7.34. The van der Waals surface area contributed by atoms with Gasteiger partial charge in [0.05, 0.1) is 12.2 Å². The summed E-state index contributed by atoms with van der Waals surface area (Å²) in [6.07, 6.45) is 5.35. The first kappa shape index (κ1) is 10.6. The summed E-state index contributed by atoms with van der Waals surface area (Å²) >= 11 is 0. The van der Waals surface area contributed by atoms with Crippen LogP contribution < -0.4 is 5.32 Å². The molecule has 1 fully saturated rings. The van der Waals surface area contributed by atoms with Crippen molar-refractivity contribution in [1.82, 2.24) is 15.5 Å². The van der Waals surface area contributed by atoms with Gasteiger partial charge in [0.1, 0.15) is 0 Å². The van der Waals surface area contributed by atoms with E-state index in [0.29, 0.717) is 18.1 Å². The second-order valence-electron chi connectivity index (χ2n) is 3.94. The molecular weight excluding hydrogens is 194 g/mol. The molecule has 84 valence electrons. The average molecular weight is 211 g/mol. The van der Waals surface area contributed by atoms with Gasteiger partial charge in [-0.2, -0.15) is 4.98 Å². The standard InChI is InChI=1S/C10H17N3O2/c1-8-2-3-9(14-8)6-11-5-4-10-12-7-13-15-10/h7-9,11H,2-6H2,1H3. The lowest BCUT2D eigenvalue weighted by Gasteiger charge is -2.11. The second-order valence-corrected chi connectivity index (χ2v) is 3.94. The molecule has 0 aromatic carbocycles. The van der Waals surface area contributed by atoms with Crippen molar-refractivity contribution in [1.29, 1.82) is 0 Å². The Labute approximate surface area is 89.2 Å². The lowest BCUT2D eigenvalue weighted by atomic mass is 10.2. The molecular formula is C10H17N3O2. The normalized spacial score (nSPS) is 25.9. The molecule has 5 nitrogen and oxygen atoms in total. The van der Waals surface area contributed by atoms with Crippen LogP contribution in [0.3, 0.4) is 0 Å². The summed E-state index contributed by atoms with van der Waals surface area (Å²) in [4.78, 5) is 3.95. The molecule has 1 aliphatic heterocycles. The lowest BCUT2D eigenvalue weighted by Crippen LogP contribution is -2.28. The molecule has 0 radical (unpaired) electrons. The Morgan fingerprint density at radius 3 is 3.13 bits per heavy atom. The van der Waals surface area contributed by atoms with Gasteiger partial charge in [-0.3, -0.25) is 0 Å². The Balaban J connectivity index is 1.55. The summed E-state index contributed by atoms with van der Waals surface area (Å²) in [7, 11) is 0. The van der Waals surface area contributed by atoms with Crippen LogP contribution in [0, 0.1) is 0 Å². The summed E-state index contributed by atoms with van der Waals surface area (Å²) in [6.45, 7) is 3.90. The molecule has 0 amide bonds. The zero-order chi connectivity index (χ0) is 10.5. The highest BCUT2D eigenvalue weighted by atomic mass is 16.5. The Bertz CT molecular complexity index is 276. The number of nitrogens with one attached hydrogen (secondary N) is 1. The summed E-state index contributed by atoms with van der Waals surface area (Å²) in [6, 6.07) is 0. The molecule has 2 atom stereocenters. The molecule has 1 aromatic heterocycles. The monoisotopic (exact) mass is 211 g/mol. The number of ether oxygens (including phenoxy) is 1. The molecule has 1 aromatic rings. The minimum Gasteiger partial charge on any atom is -0.374 e. The van der Waals surface area contributed by atoms with Crippen LogP contribution in [-0.4, -0.2) is 35.4 Å². The predicted octanol–water partition coefficient (Wildman–Crippen LogP) is 0.769. The average Bonchev–Trinajstić information content (AvgIpc) is 2.84. The van der Waals surface area contributed by atoms with E-state index < -0.39 is 0 Å². The van der Waals surface area contributed by atoms with E-state index in [4.69, 9.17) is 9.26 Å². The minimum absolute atomic E-state index is 0.377. The van der Waals surface area contributed by atoms with Crippen molar-refractivity contribution in [3.8, 4) is 0 Å². The molecule has 0 aliphatic carbocycles. The SMILES string of the molecule is CC1CCC(CNCCc2ncno2)O1. The van der Waals surface area contributed by atoms with Gasteiger partial charge in [0.15, 0.2) is 6.33 Å². The number of rotatable bonds is 5. The fourth-order valence-corrected chi connectivity index (χ4v) is 1.80. The van der Waals surface area contributed by atoms with E-state index in [0.717, 1.165) is 25.9 Å². The van der Waals surface area contributed by atoms with Crippen molar-refractivity contribution in [3.63, 3.8) is 0 Å². The lowest BCUT2D eigenvalue weighted by molar-refractivity contribution is 0.0561. The first-order valence-electron chi connectivity index (χ1n) is 5.46. The van der Waals surface area contributed by atoms with Crippen LogP contribution >= 0.6 is 0 Å². The quantitative estimate of drug-likeness (QED) is 0.729. The Kier molecular flexibility index (Phi) is 3.69. The maximum absolute atomic E-state index is 5.68. The van der Waals surface area contributed by atoms with E-state index in [1.165, 1.54) is 12.7 Å². The third-order valence-corrected chi connectivity index (χ3v) is 2.61.